The second-order valence-electron chi connectivity index (χ2n) is 7.51. The summed E-state index contributed by atoms with van der Waals surface area (Å²) in [5.74, 6) is 1.85. The van der Waals surface area contributed by atoms with Crippen molar-refractivity contribution in [2.75, 3.05) is 45.0 Å². The van der Waals surface area contributed by atoms with Crippen molar-refractivity contribution in [3.63, 3.8) is 0 Å². The van der Waals surface area contributed by atoms with Gasteiger partial charge in [0.05, 0.1) is 43.6 Å². The summed E-state index contributed by atoms with van der Waals surface area (Å²) in [6.07, 6.45) is 4.80. The molecule has 170 valence electrons. The fraction of sp³-hybridized carbons (Fsp3) is 0.292. The molecular formula is C24H23N3O6. The van der Waals surface area contributed by atoms with Crippen molar-refractivity contribution in [3.8, 4) is 17.4 Å². The van der Waals surface area contributed by atoms with Crippen LogP contribution in [0.15, 0.2) is 48.7 Å². The van der Waals surface area contributed by atoms with Gasteiger partial charge >= 0.3 is 6.09 Å². The zero-order valence-corrected chi connectivity index (χ0v) is 18.1. The molecule has 33 heavy (non-hydrogen) atoms. The highest BCUT2D eigenvalue weighted by Gasteiger charge is 2.33. The first-order valence-electron chi connectivity index (χ1n) is 10.6. The van der Waals surface area contributed by atoms with E-state index in [1.165, 1.54) is 0 Å². The maximum absolute atomic E-state index is 12.3. The number of hydrogen-bond acceptors (Lipinski definition) is 8. The fourth-order valence-corrected chi connectivity index (χ4v) is 3.74. The van der Waals surface area contributed by atoms with Crippen LogP contribution in [0.3, 0.4) is 0 Å². The Morgan fingerprint density at radius 1 is 1.15 bits per heavy atom. The number of pyridine rings is 2. The van der Waals surface area contributed by atoms with Gasteiger partial charge in [-0.25, -0.2) is 9.78 Å². The van der Waals surface area contributed by atoms with Crippen LogP contribution in [0, 0.1) is 0 Å². The van der Waals surface area contributed by atoms with Gasteiger partial charge in [0, 0.05) is 23.9 Å². The average molecular weight is 449 g/mol. The van der Waals surface area contributed by atoms with E-state index >= 15 is 0 Å². The predicted octanol–water partition coefficient (Wildman–Crippen LogP) is 3.46. The smallest absolute Gasteiger partial charge is 0.414 e. The number of nitrogens with zero attached hydrogens (tertiary/aromatic N) is 3. The number of methoxy groups -OCH3 is 1. The Labute approximate surface area is 190 Å². The van der Waals surface area contributed by atoms with Crippen molar-refractivity contribution in [1.29, 1.82) is 0 Å². The number of fused-ring (bicyclic) bond motifs is 2. The van der Waals surface area contributed by atoms with Gasteiger partial charge in [0.1, 0.15) is 19.3 Å². The third-order valence-electron chi connectivity index (χ3n) is 5.33. The molecule has 0 aliphatic carbocycles. The number of carbonyl (C=O) groups excluding carboxylic acids is 1. The maximum atomic E-state index is 12.3. The van der Waals surface area contributed by atoms with Gasteiger partial charge in [-0.15, -0.1) is 0 Å². The van der Waals surface area contributed by atoms with E-state index in [4.69, 9.17) is 23.7 Å². The first-order chi connectivity index (χ1) is 16.2. The molecule has 0 bridgehead atoms. The molecule has 2 aliphatic rings. The molecule has 1 amide bonds. The molecule has 1 unspecified atom stereocenters. The largest absolute Gasteiger partial charge is 0.486 e. The minimum Gasteiger partial charge on any atom is -0.486 e. The van der Waals surface area contributed by atoms with Gasteiger partial charge in [-0.1, -0.05) is 12.2 Å². The summed E-state index contributed by atoms with van der Waals surface area (Å²) in [6.45, 7) is 2.07. The zero-order valence-electron chi connectivity index (χ0n) is 18.1. The molecule has 9 heteroatoms. The molecule has 0 radical (unpaired) electrons. The molecule has 1 saturated heterocycles. The first-order valence-corrected chi connectivity index (χ1v) is 10.6. The van der Waals surface area contributed by atoms with Crippen molar-refractivity contribution in [2.45, 2.75) is 6.10 Å². The van der Waals surface area contributed by atoms with Gasteiger partial charge < -0.3 is 23.7 Å². The van der Waals surface area contributed by atoms with Crippen LogP contribution in [-0.2, 0) is 9.47 Å². The van der Waals surface area contributed by atoms with Gasteiger partial charge in [0.15, 0.2) is 11.5 Å². The second-order valence-corrected chi connectivity index (χ2v) is 7.51. The highest BCUT2D eigenvalue weighted by Crippen LogP contribution is 2.35. The Bertz CT molecular complexity index is 1200. The van der Waals surface area contributed by atoms with Gasteiger partial charge in [-0.3, -0.25) is 9.88 Å². The van der Waals surface area contributed by atoms with Crippen LogP contribution >= 0.6 is 0 Å². The van der Waals surface area contributed by atoms with Crippen molar-refractivity contribution >= 4 is 28.9 Å². The van der Waals surface area contributed by atoms with E-state index in [9.17, 15) is 4.79 Å². The van der Waals surface area contributed by atoms with Crippen LogP contribution in [0.1, 0.15) is 5.56 Å². The van der Waals surface area contributed by atoms with Gasteiger partial charge in [-0.2, -0.15) is 0 Å². The molecule has 1 fully saturated rings. The number of ether oxygens (including phenoxy) is 5. The van der Waals surface area contributed by atoms with E-state index in [-0.39, 0.29) is 6.10 Å². The van der Waals surface area contributed by atoms with E-state index in [2.05, 4.69) is 9.97 Å². The van der Waals surface area contributed by atoms with E-state index in [1.54, 1.807) is 36.4 Å². The summed E-state index contributed by atoms with van der Waals surface area (Å²) in [6, 6.07) is 11.0. The first kappa shape index (κ1) is 21.0. The van der Waals surface area contributed by atoms with Crippen molar-refractivity contribution in [3.05, 3.63) is 54.2 Å². The Morgan fingerprint density at radius 2 is 2.03 bits per heavy atom. The lowest BCUT2D eigenvalue weighted by atomic mass is 10.2. The van der Waals surface area contributed by atoms with Crippen LogP contribution in [0.5, 0.6) is 17.4 Å². The number of carbonyl (C=O) groups is 1. The quantitative estimate of drug-likeness (QED) is 0.507. The lowest BCUT2D eigenvalue weighted by Crippen LogP contribution is -2.26. The highest BCUT2D eigenvalue weighted by atomic mass is 16.6. The number of cyclic esters (lactones) is 1. The fourth-order valence-electron chi connectivity index (χ4n) is 3.74. The lowest BCUT2D eigenvalue weighted by molar-refractivity contribution is 0.0580. The van der Waals surface area contributed by atoms with Crippen LogP contribution in [0.4, 0.5) is 10.5 Å². The molecule has 1 aromatic carbocycles. The lowest BCUT2D eigenvalue weighted by Gasteiger charge is -2.20. The molecule has 0 saturated carbocycles. The summed E-state index contributed by atoms with van der Waals surface area (Å²) >= 11 is 0. The molecule has 0 N–H and O–H groups in total. The minimum absolute atomic E-state index is 0.292. The summed E-state index contributed by atoms with van der Waals surface area (Å²) in [4.78, 5) is 22.7. The summed E-state index contributed by atoms with van der Waals surface area (Å²) in [7, 11) is 1.58. The average Bonchev–Trinajstić information content (AvgIpc) is 3.23. The maximum Gasteiger partial charge on any atom is 0.414 e. The molecule has 2 aliphatic heterocycles. The minimum atomic E-state index is -0.404. The van der Waals surface area contributed by atoms with Crippen LogP contribution in [0.2, 0.25) is 0 Å². The molecule has 4 heterocycles. The van der Waals surface area contributed by atoms with Crippen LogP contribution in [-0.4, -0.2) is 62.2 Å². The molecule has 0 spiro atoms. The number of hydrogen-bond donors (Lipinski definition) is 0. The Kier molecular flexibility index (Phi) is 5.95. The highest BCUT2D eigenvalue weighted by molar-refractivity contribution is 5.90. The molecule has 1 atom stereocenters. The Hall–Kier alpha value is -3.85. The SMILES string of the molecule is COc1ccc2nccc(C=CCOCC3CN(c4ccc5c(c4)OCCO5)C(=O)O3)c2n1. The monoisotopic (exact) mass is 449 g/mol. The van der Waals surface area contributed by atoms with E-state index in [0.717, 1.165) is 16.6 Å². The third kappa shape index (κ3) is 4.54. The molecule has 5 rings (SSSR count). The van der Waals surface area contributed by atoms with Crippen molar-refractivity contribution in [1.82, 2.24) is 9.97 Å². The summed E-state index contributed by atoms with van der Waals surface area (Å²) in [5.41, 5.74) is 3.17. The number of anilines is 1. The zero-order chi connectivity index (χ0) is 22.6. The van der Waals surface area contributed by atoms with Gasteiger partial charge in [0.25, 0.3) is 0 Å². The van der Waals surface area contributed by atoms with Crippen molar-refractivity contribution < 1.29 is 28.5 Å². The molecule has 3 aromatic rings. The Morgan fingerprint density at radius 3 is 2.91 bits per heavy atom. The standard InChI is InChI=1S/C24H23N3O6/c1-29-22-7-5-19-23(26-22)16(8-9-25-19)3-2-10-30-15-18-14-27(24(28)33-18)17-4-6-20-21(13-17)32-12-11-31-20/h2-9,13,18H,10-12,14-15H2,1H3. The van der Waals surface area contributed by atoms with E-state index < -0.39 is 6.09 Å². The van der Waals surface area contributed by atoms with Crippen molar-refractivity contribution in [2.24, 2.45) is 0 Å². The van der Waals surface area contributed by atoms with E-state index in [1.807, 2.05) is 30.4 Å². The topological polar surface area (TPSA) is 92.2 Å². The third-order valence-corrected chi connectivity index (χ3v) is 5.33. The summed E-state index contributed by atoms with van der Waals surface area (Å²) in [5, 5.41) is 0. The van der Waals surface area contributed by atoms with E-state index in [0.29, 0.717) is 56.0 Å². The number of amides is 1. The van der Waals surface area contributed by atoms with Crippen LogP contribution in [0.25, 0.3) is 17.1 Å². The number of rotatable bonds is 7. The molecular weight excluding hydrogens is 426 g/mol. The molecule has 2 aromatic heterocycles. The molecule has 9 nitrogen and oxygen atoms in total. The van der Waals surface area contributed by atoms with Gasteiger partial charge in [0.2, 0.25) is 5.88 Å². The second kappa shape index (κ2) is 9.33. The normalized spacial score (nSPS) is 17.5. The number of benzene rings is 1. The predicted molar refractivity (Wildman–Crippen MR) is 121 cm³/mol. The summed E-state index contributed by atoms with van der Waals surface area (Å²) < 4.78 is 27.5. The van der Waals surface area contributed by atoms with Gasteiger partial charge in [-0.05, 0) is 24.3 Å². The number of aromatic nitrogens is 2. The Balaban J connectivity index is 1.16. The van der Waals surface area contributed by atoms with Crippen LogP contribution < -0.4 is 19.1 Å².